The van der Waals surface area contributed by atoms with Crippen molar-refractivity contribution in [2.75, 3.05) is 18.0 Å². The molecule has 1 atom stereocenters. The van der Waals surface area contributed by atoms with E-state index in [1.165, 1.54) is 0 Å². The molecule has 1 unspecified atom stereocenters. The standard InChI is InChI=1S/C10H11Cl2N3O/c11-8-2-1-7(10(12)14-8)15-5-6(4-13)3-9(15)16/h1-2,6H,3-5,13H2. The Balaban J connectivity index is 2.28. The molecule has 1 aromatic rings. The topological polar surface area (TPSA) is 59.2 Å². The van der Waals surface area contributed by atoms with Crippen molar-refractivity contribution in [2.45, 2.75) is 6.42 Å². The molecule has 16 heavy (non-hydrogen) atoms. The molecule has 2 N–H and O–H groups in total. The normalized spacial score (nSPS) is 20.6. The monoisotopic (exact) mass is 259 g/mol. The van der Waals surface area contributed by atoms with E-state index in [1.54, 1.807) is 17.0 Å². The zero-order chi connectivity index (χ0) is 11.7. The highest BCUT2D eigenvalue weighted by molar-refractivity contribution is 6.34. The van der Waals surface area contributed by atoms with E-state index < -0.39 is 0 Å². The van der Waals surface area contributed by atoms with Crippen molar-refractivity contribution in [1.82, 2.24) is 4.98 Å². The summed E-state index contributed by atoms with van der Waals surface area (Å²) in [6, 6.07) is 3.32. The summed E-state index contributed by atoms with van der Waals surface area (Å²) in [5, 5.41) is 0.564. The first-order chi connectivity index (χ1) is 7.61. The van der Waals surface area contributed by atoms with E-state index in [0.717, 1.165) is 0 Å². The number of amides is 1. The van der Waals surface area contributed by atoms with Gasteiger partial charge in [0, 0.05) is 13.0 Å². The van der Waals surface area contributed by atoms with Crippen LogP contribution >= 0.6 is 23.2 Å². The van der Waals surface area contributed by atoms with Gasteiger partial charge in [0.15, 0.2) is 5.15 Å². The number of carbonyl (C=O) groups excluding carboxylic acids is 1. The Morgan fingerprint density at radius 3 is 2.81 bits per heavy atom. The summed E-state index contributed by atoms with van der Waals surface area (Å²) in [6.45, 7) is 1.10. The van der Waals surface area contributed by atoms with Gasteiger partial charge >= 0.3 is 0 Å². The first kappa shape index (κ1) is 11.6. The van der Waals surface area contributed by atoms with Crippen molar-refractivity contribution in [2.24, 2.45) is 11.7 Å². The smallest absolute Gasteiger partial charge is 0.227 e. The van der Waals surface area contributed by atoms with Gasteiger partial charge in [-0.2, -0.15) is 0 Å². The van der Waals surface area contributed by atoms with E-state index in [9.17, 15) is 4.79 Å². The molecule has 1 saturated heterocycles. The summed E-state index contributed by atoms with van der Waals surface area (Å²) < 4.78 is 0. The first-order valence-electron chi connectivity index (χ1n) is 4.94. The fraction of sp³-hybridized carbons (Fsp3) is 0.400. The van der Waals surface area contributed by atoms with Crippen LogP contribution in [0, 0.1) is 5.92 Å². The lowest BCUT2D eigenvalue weighted by Gasteiger charge is -2.17. The van der Waals surface area contributed by atoms with Crippen LogP contribution < -0.4 is 10.6 Å². The van der Waals surface area contributed by atoms with Gasteiger partial charge in [0.1, 0.15) is 5.15 Å². The molecule has 4 nitrogen and oxygen atoms in total. The number of carbonyl (C=O) groups is 1. The van der Waals surface area contributed by atoms with E-state index in [4.69, 9.17) is 28.9 Å². The molecule has 1 aliphatic heterocycles. The molecule has 0 saturated carbocycles. The lowest BCUT2D eigenvalue weighted by molar-refractivity contribution is -0.117. The van der Waals surface area contributed by atoms with Crippen LogP contribution in [0.25, 0.3) is 0 Å². The van der Waals surface area contributed by atoms with Crippen molar-refractivity contribution >= 4 is 34.8 Å². The number of pyridine rings is 1. The Morgan fingerprint density at radius 1 is 1.50 bits per heavy atom. The van der Waals surface area contributed by atoms with Crippen molar-refractivity contribution in [1.29, 1.82) is 0 Å². The molecule has 0 bridgehead atoms. The average molecular weight is 260 g/mol. The summed E-state index contributed by atoms with van der Waals surface area (Å²) in [6.07, 6.45) is 0.468. The second kappa shape index (κ2) is 4.57. The molecule has 0 spiro atoms. The quantitative estimate of drug-likeness (QED) is 0.823. The number of anilines is 1. The van der Waals surface area contributed by atoms with E-state index in [2.05, 4.69) is 4.98 Å². The predicted octanol–water partition coefficient (Wildman–Crippen LogP) is 1.70. The maximum atomic E-state index is 11.7. The van der Waals surface area contributed by atoms with Gasteiger partial charge in [-0.15, -0.1) is 0 Å². The Kier molecular flexibility index (Phi) is 3.33. The minimum absolute atomic E-state index is 0.0291. The summed E-state index contributed by atoms with van der Waals surface area (Å²) in [5.41, 5.74) is 6.15. The van der Waals surface area contributed by atoms with Crippen molar-refractivity contribution in [3.05, 3.63) is 22.4 Å². The number of nitrogens with zero attached hydrogens (tertiary/aromatic N) is 2. The lowest BCUT2D eigenvalue weighted by atomic mass is 10.1. The molecule has 1 fully saturated rings. The highest BCUT2D eigenvalue weighted by Crippen LogP contribution is 2.30. The van der Waals surface area contributed by atoms with Crippen LogP contribution in [-0.4, -0.2) is 24.0 Å². The Hall–Kier alpha value is -0.840. The Bertz CT molecular complexity index is 425. The van der Waals surface area contributed by atoms with E-state index in [0.29, 0.717) is 30.4 Å². The molecule has 1 amide bonds. The average Bonchev–Trinajstić information content (AvgIpc) is 2.60. The zero-order valence-electron chi connectivity index (χ0n) is 8.49. The minimum Gasteiger partial charge on any atom is -0.330 e. The van der Waals surface area contributed by atoms with Crippen LogP contribution in [-0.2, 0) is 4.79 Å². The number of hydrogen-bond donors (Lipinski definition) is 1. The summed E-state index contributed by atoms with van der Waals surface area (Å²) in [5.74, 6) is 0.223. The molecule has 86 valence electrons. The fourth-order valence-electron chi connectivity index (χ4n) is 1.78. The third kappa shape index (κ3) is 2.14. The fourth-order valence-corrected chi connectivity index (χ4v) is 2.23. The van der Waals surface area contributed by atoms with Crippen molar-refractivity contribution < 1.29 is 4.79 Å². The zero-order valence-corrected chi connectivity index (χ0v) is 10.0. The molecule has 0 aromatic carbocycles. The van der Waals surface area contributed by atoms with Gasteiger partial charge in [0.05, 0.1) is 5.69 Å². The molecule has 0 aliphatic carbocycles. The minimum atomic E-state index is 0.0291. The van der Waals surface area contributed by atoms with Gasteiger partial charge in [-0.3, -0.25) is 4.79 Å². The predicted molar refractivity (Wildman–Crippen MR) is 63.8 cm³/mol. The molecule has 1 aliphatic rings. The summed E-state index contributed by atoms with van der Waals surface area (Å²) >= 11 is 11.6. The summed E-state index contributed by atoms with van der Waals surface area (Å²) in [4.78, 5) is 17.3. The molecule has 2 rings (SSSR count). The SMILES string of the molecule is NCC1CC(=O)N(c2ccc(Cl)nc2Cl)C1. The van der Waals surface area contributed by atoms with Crippen LogP contribution in [0.5, 0.6) is 0 Å². The van der Waals surface area contributed by atoms with Crippen LogP contribution in [0.4, 0.5) is 5.69 Å². The van der Waals surface area contributed by atoms with Gasteiger partial charge in [-0.05, 0) is 24.6 Å². The third-order valence-electron chi connectivity index (χ3n) is 2.62. The number of hydrogen-bond acceptors (Lipinski definition) is 3. The Morgan fingerprint density at radius 2 is 2.25 bits per heavy atom. The molecule has 1 aromatic heterocycles. The number of halogens is 2. The van der Waals surface area contributed by atoms with E-state index in [-0.39, 0.29) is 17.0 Å². The number of nitrogens with two attached hydrogens (primary N) is 1. The molecular formula is C10H11Cl2N3O. The Labute approximate surface area is 103 Å². The highest BCUT2D eigenvalue weighted by atomic mass is 35.5. The van der Waals surface area contributed by atoms with Crippen LogP contribution in [0.2, 0.25) is 10.3 Å². The maximum Gasteiger partial charge on any atom is 0.227 e. The largest absolute Gasteiger partial charge is 0.330 e. The molecule has 6 heteroatoms. The highest BCUT2D eigenvalue weighted by Gasteiger charge is 2.31. The summed E-state index contributed by atoms with van der Waals surface area (Å²) in [7, 11) is 0. The lowest BCUT2D eigenvalue weighted by Crippen LogP contribution is -2.26. The van der Waals surface area contributed by atoms with Crippen molar-refractivity contribution in [3.63, 3.8) is 0 Å². The van der Waals surface area contributed by atoms with Crippen LogP contribution in [0.3, 0.4) is 0 Å². The number of aromatic nitrogens is 1. The number of rotatable bonds is 2. The molecule has 0 radical (unpaired) electrons. The molecular weight excluding hydrogens is 249 g/mol. The van der Waals surface area contributed by atoms with Gasteiger partial charge in [0.2, 0.25) is 5.91 Å². The second-order valence-electron chi connectivity index (χ2n) is 3.75. The third-order valence-corrected chi connectivity index (χ3v) is 3.11. The van der Waals surface area contributed by atoms with Gasteiger partial charge in [-0.1, -0.05) is 23.2 Å². The van der Waals surface area contributed by atoms with Gasteiger partial charge in [0.25, 0.3) is 0 Å². The second-order valence-corrected chi connectivity index (χ2v) is 4.50. The maximum absolute atomic E-state index is 11.7. The van der Waals surface area contributed by atoms with Gasteiger partial charge in [-0.25, -0.2) is 4.98 Å². The van der Waals surface area contributed by atoms with Crippen molar-refractivity contribution in [3.8, 4) is 0 Å². The van der Waals surface area contributed by atoms with Crippen LogP contribution in [0.15, 0.2) is 12.1 Å². The van der Waals surface area contributed by atoms with Crippen LogP contribution in [0.1, 0.15) is 6.42 Å². The van der Waals surface area contributed by atoms with E-state index in [1.807, 2.05) is 0 Å². The molecule has 2 heterocycles. The first-order valence-corrected chi connectivity index (χ1v) is 5.70. The van der Waals surface area contributed by atoms with E-state index >= 15 is 0 Å². The van der Waals surface area contributed by atoms with Gasteiger partial charge < -0.3 is 10.6 Å².